The number of nitrogens with one attached hydrogen (secondary N) is 2. The first-order valence-electron chi connectivity index (χ1n) is 7.70. The lowest BCUT2D eigenvalue weighted by atomic mass is 9.78. The van der Waals surface area contributed by atoms with Crippen LogP contribution in [0.5, 0.6) is 0 Å². The van der Waals surface area contributed by atoms with E-state index in [1.165, 1.54) is 37.7 Å². The molecular formula is C16H28N2O. The Bertz CT molecular complexity index is 359. The summed E-state index contributed by atoms with van der Waals surface area (Å²) in [5.41, 5.74) is 2.56. The van der Waals surface area contributed by atoms with Crippen LogP contribution >= 0.6 is 0 Å². The molecule has 1 saturated carbocycles. The topological polar surface area (TPSA) is 41.1 Å². The fourth-order valence-corrected chi connectivity index (χ4v) is 3.52. The molecule has 2 N–H and O–H groups in total. The molecule has 0 atom stereocenters. The molecule has 2 aliphatic rings. The fraction of sp³-hybridized carbons (Fsp3) is 0.812. The molecule has 19 heavy (non-hydrogen) atoms. The van der Waals surface area contributed by atoms with E-state index in [9.17, 15) is 4.79 Å². The second-order valence-corrected chi connectivity index (χ2v) is 6.82. The molecule has 0 aromatic rings. The van der Waals surface area contributed by atoms with Gasteiger partial charge in [-0.3, -0.25) is 4.79 Å². The van der Waals surface area contributed by atoms with Crippen LogP contribution in [0.15, 0.2) is 11.1 Å². The van der Waals surface area contributed by atoms with E-state index >= 15 is 0 Å². The third-order valence-corrected chi connectivity index (χ3v) is 4.68. The zero-order valence-electron chi connectivity index (χ0n) is 12.6. The summed E-state index contributed by atoms with van der Waals surface area (Å²) in [4.78, 5) is 12.2. The van der Waals surface area contributed by atoms with Crippen LogP contribution in [0.4, 0.5) is 0 Å². The van der Waals surface area contributed by atoms with Crippen molar-refractivity contribution in [3.05, 3.63) is 11.1 Å². The average Bonchev–Trinajstić information content (AvgIpc) is 2.71. The van der Waals surface area contributed by atoms with Gasteiger partial charge >= 0.3 is 0 Å². The van der Waals surface area contributed by atoms with Gasteiger partial charge in [-0.2, -0.15) is 0 Å². The van der Waals surface area contributed by atoms with E-state index in [0.29, 0.717) is 11.3 Å². The Kier molecular flexibility index (Phi) is 4.67. The summed E-state index contributed by atoms with van der Waals surface area (Å²) in [7, 11) is 0. The molecule has 2 fully saturated rings. The molecule has 3 heteroatoms. The van der Waals surface area contributed by atoms with Gasteiger partial charge in [-0.1, -0.05) is 26.7 Å². The summed E-state index contributed by atoms with van der Waals surface area (Å²) < 4.78 is 0. The SMILES string of the molecule is CC(C(=O)NCC1(CC(C)C)CCCC1)=C1CNC1. The Hall–Kier alpha value is -0.830. The van der Waals surface area contributed by atoms with Crippen molar-refractivity contribution in [1.29, 1.82) is 0 Å². The van der Waals surface area contributed by atoms with Crippen molar-refractivity contribution in [2.75, 3.05) is 19.6 Å². The first-order valence-corrected chi connectivity index (χ1v) is 7.70. The van der Waals surface area contributed by atoms with Gasteiger partial charge < -0.3 is 10.6 Å². The predicted octanol–water partition coefficient (Wildman–Crippen LogP) is 2.63. The first-order chi connectivity index (χ1) is 9.02. The number of amides is 1. The number of hydrogen-bond donors (Lipinski definition) is 2. The minimum absolute atomic E-state index is 0.145. The maximum atomic E-state index is 12.2. The molecule has 0 aromatic carbocycles. The molecular weight excluding hydrogens is 236 g/mol. The first kappa shape index (κ1) is 14.6. The molecule has 3 nitrogen and oxygen atoms in total. The van der Waals surface area contributed by atoms with E-state index in [1.54, 1.807) is 0 Å². The lowest BCUT2D eigenvalue weighted by Crippen LogP contribution is -2.40. The Morgan fingerprint density at radius 3 is 2.42 bits per heavy atom. The van der Waals surface area contributed by atoms with E-state index in [-0.39, 0.29) is 5.91 Å². The number of carbonyl (C=O) groups is 1. The number of rotatable bonds is 5. The van der Waals surface area contributed by atoms with Crippen LogP contribution in [0.1, 0.15) is 52.9 Å². The summed E-state index contributed by atoms with van der Waals surface area (Å²) in [5.74, 6) is 0.858. The van der Waals surface area contributed by atoms with Crippen LogP contribution in [0, 0.1) is 11.3 Å². The molecule has 0 radical (unpaired) electrons. The van der Waals surface area contributed by atoms with E-state index in [4.69, 9.17) is 0 Å². The Labute approximate surface area is 117 Å². The number of hydrogen-bond acceptors (Lipinski definition) is 2. The third kappa shape index (κ3) is 3.59. The number of carbonyl (C=O) groups excluding carboxylic acids is 1. The zero-order chi connectivity index (χ0) is 13.9. The van der Waals surface area contributed by atoms with Gasteiger partial charge in [0.2, 0.25) is 5.91 Å². The summed E-state index contributed by atoms with van der Waals surface area (Å²) >= 11 is 0. The fourth-order valence-electron chi connectivity index (χ4n) is 3.52. The van der Waals surface area contributed by atoms with Gasteiger partial charge in [0.05, 0.1) is 0 Å². The van der Waals surface area contributed by atoms with Crippen LogP contribution in [0.3, 0.4) is 0 Å². The van der Waals surface area contributed by atoms with Gasteiger partial charge in [-0.05, 0) is 43.1 Å². The Balaban J connectivity index is 1.90. The average molecular weight is 264 g/mol. The van der Waals surface area contributed by atoms with E-state index < -0.39 is 0 Å². The quantitative estimate of drug-likeness (QED) is 0.750. The van der Waals surface area contributed by atoms with Crippen molar-refractivity contribution in [3.63, 3.8) is 0 Å². The van der Waals surface area contributed by atoms with Crippen LogP contribution in [0.25, 0.3) is 0 Å². The maximum Gasteiger partial charge on any atom is 0.246 e. The summed E-state index contributed by atoms with van der Waals surface area (Å²) in [5, 5.41) is 6.39. The largest absolute Gasteiger partial charge is 0.352 e. The minimum atomic E-state index is 0.145. The van der Waals surface area contributed by atoms with Crippen molar-refractivity contribution in [3.8, 4) is 0 Å². The monoisotopic (exact) mass is 264 g/mol. The van der Waals surface area contributed by atoms with Crippen molar-refractivity contribution < 1.29 is 4.79 Å². The van der Waals surface area contributed by atoms with Crippen LogP contribution in [-0.4, -0.2) is 25.5 Å². The highest BCUT2D eigenvalue weighted by molar-refractivity contribution is 5.94. The van der Waals surface area contributed by atoms with Gasteiger partial charge in [0, 0.05) is 25.2 Å². The Morgan fingerprint density at radius 2 is 1.95 bits per heavy atom. The highest BCUT2D eigenvalue weighted by atomic mass is 16.1. The lowest BCUT2D eigenvalue weighted by Gasteiger charge is -2.31. The molecule has 0 bridgehead atoms. The van der Waals surface area contributed by atoms with Crippen molar-refractivity contribution >= 4 is 5.91 Å². The smallest absolute Gasteiger partial charge is 0.246 e. The zero-order valence-corrected chi connectivity index (χ0v) is 12.6. The van der Waals surface area contributed by atoms with Crippen LogP contribution in [-0.2, 0) is 4.79 Å². The maximum absolute atomic E-state index is 12.2. The van der Waals surface area contributed by atoms with E-state index in [1.807, 2.05) is 6.92 Å². The van der Waals surface area contributed by atoms with Gasteiger partial charge in [-0.15, -0.1) is 0 Å². The van der Waals surface area contributed by atoms with E-state index in [2.05, 4.69) is 24.5 Å². The van der Waals surface area contributed by atoms with Crippen molar-refractivity contribution in [2.45, 2.75) is 52.9 Å². The van der Waals surface area contributed by atoms with Crippen molar-refractivity contribution in [2.24, 2.45) is 11.3 Å². The molecule has 1 aliphatic heterocycles. The van der Waals surface area contributed by atoms with Crippen LogP contribution < -0.4 is 10.6 Å². The van der Waals surface area contributed by atoms with Gasteiger partial charge in [0.25, 0.3) is 0 Å². The minimum Gasteiger partial charge on any atom is -0.352 e. The predicted molar refractivity (Wildman–Crippen MR) is 78.9 cm³/mol. The molecule has 1 heterocycles. The van der Waals surface area contributed by atoms with Gasteiger partial charge in [-0.25, -0.2) is 0 Å². The lowest BCUT2D eigenvalue weighted by molar-refractivity contribution is -0.118. The second-order valence-electron chi connectivity index (χ2n) is 6.82. The molecule has 1 aliphatic carbocycles. The van der Waals surface area contributed by atoms with E-state index in [0.717, 1.165) is 25.2 Å². The molecule has 2 rings (SSSR count). The molecule has 108 valence electrons. The highest BCUT2D eigenvalue weighted by Gasteiger charge is 2.34. The third-order valence-electron chi connectivity index (χ3n) is 4.68. The van der Waals surface area contributed by atoms with Gasteiger partial charge in [0.15, 0.2) is 0 Å². The molecule has 1 amide bonds. The normalized spacial score (nSPS) is 21.4. The van der Waals surface area contributed by atoms with Gasteiger partial charge in [0.1, 0.15) is 0 Å². The highest BCUT2D eigenvalue weighted by Crippen LogP contribution is 2.42. The van der Waals surface area contributed by atoms with Crippen LogP contribution in [0.2, 0.25) is 0 Å². The molecule has 0 spiro atoms. The van der Waals surface area contributed by atoms with Crippen molar-refractivity contribution in [1.82, 2.24) is 10.6 Å². The molecule has 0 unspecified atom stereocenters. The Morgan fingerprint density at radius 1 is 1.32 bits per heavy atom. The standard InChI is InChI=1S/C16H28N2O/c1-12(2)8-16(6-4-5-7-16)11-18-15(19)13(3)14-9-17-10-14/h12,17H,4-11H2,1-3H3,(H,18,19). The molecule has 0 aromatic heterocycles. The molecule has 1 saturated heterocycles. The second kappa shape index (κ2) is 6.08. The summed E-state index contributed by atoms with van der Waals surface area (Å²) in [6, 6.07) is 0. The summed E-state index contributed by atoms with van der Waals surface area (Å²) in [6.45, 7) is 9.16. The summed E-state index contributed by atoms with van der Waals surface area (Å²) in [6.07, 6.45) is 6.45.